The van der Waals surface area contributed by atoms with Crippen molar-refractivity contribution in [2.45, 2.75) is 32.8 Å². The zero-order chi connectivity index (χ0) is 18.6. The van der Waals surface area contributed by atoms with Crippen molar-refractivity contribution < 1.29 is 14.3 Å². The van der Waals surface area contributed by atoms with Crippen LogP contribution < -0.4 is 10.1 Å². The smallest absolute Gasteiger partial charge is 0.319 e. The average Bonchev–Trinajstić information content (AvgIpc) is 2.56. The number of piperidine rings is 1. The maximum Gasteiger partial charge on any atom is 0.319 e. The summed E-state index contributed by atoms with van der Waals surface area (Å²) in [5, 5.41) is 3.35. The first kappa shape index (κ1) is 19.4. The molecule has 3 amide bonds. The van der Waals surface area contributed by atoms with E-state index in [0.717, 1.165) is 12.8 Å². The van der Waals surface area contributed by atoms with Crippen molar-refractivity contribution in [2.24, 2.45) is 5.92 Å². The Kier molecular flexibility index (Phi) is 6.53. The minimum absolute atomic E-state index is 0.0281. The summed E-state index contributed by atoms with van der Waals surface area (Å²) < 4.78 is 5.59. The monoisotopic (exact) mass is 367 g/mol. The number of ether oxygens (including phenoxy) is 1. The molecule has 1 saturated heterocycles. The van der Waals surface area contributed by atoms with E-state index in [1.807, 2.05) is 13.8 Å². The molecule has 25 heavy (non-hydrogen) atoms. The van der Waals surface area contributed by atoms with Gasteiger partial charge < -0.3 is 19.9 Å². The van der Waals surface area contributed by atoms with E-state index in [9.17, 15) is 9.59 Å². The Balaban J connectivity index is 1.99. The molecule has 0 spiro atoms. The molecule has 1 aromatic rings. The number of benzene rings is 1. The molecule has 0 unspecified atom stereocenters. The lowest BCUT2D eigenvalue weighted by atomic mass is 9.97. The second-order valence-electron chi connectivity index (χ2n) is 6.76. The zero-order valence-corrected chi connectivity index (χ0v) is 16.0. The molecule has 1 aromatic carbocycles. The predicted molar refractivity (Wildman–Crippen MR) is 99.2 cm³/mol. The van der Waals surface area contributed by atoms with E-state index in [-0.39, 0.29) is 24.0 Å². The second-order valence-corrected chi connectivity index (χ2v) is 7.17. The van der Waals surface area contributed by atoms with Gasteiger partial charge in [-0.3, -0.25) is 4.79 Å². The van der Waals surface area contributed by atoms with Crippen LogP contribution in [0.5, 0.6) is 5.75 Å². The van der Waals surface area contributed by atoms with Crippen LogP contribution in [-0.2, 0) is 4.79 Å². The number of amides is 3. The topological polar surface area (TPSA) is 61.9 Å². The molecule has 1 fully saturated rings. The van der Waals surface area contributed by atoms with Gasteiger partial charge in [0.2, 0.25) is 5.91 Å². The van der Waals surface area contributed by atoms with Crippen molar-refractivity contribution in [1.82, 2.24) is 9.80 Å². The first-order chi connectivity index (χ1) is 11.8. The van der Waals surface area contributed by atoms with Gasteiger partial charge in [0.05, 0.1) is 17.0 Å². The number of hydrogen-bond donors (Lipinski definition) is 1. The summed E-state index contributed by atoms with van der Waals surface area (Å²) in [6, 6.07) is 5.15. The highest BCUT2D eigenvalue weighted by Crippen LogP contribution is 2.29. The standard InChI is InChI=1S/C18H26ClN3O3/c1-12(2)25-16-8-7-14(10-15(16)19)20-17(23)13-6-5-9-22(11-13)18(24)21(3)4/h7-8,10,12-13H,5-6,9,11H2,1-4H3,(H,20,23)/t13-/m1/s1. The number of carbonyl (C=O) groups excluding carboxylic acids is 2. The number of halogens is 1. The maximum atomic E-state index is 12.5. The Hall–Kier alpha value is -1.95. The molecule has 0 bridgehead atoms. The van der Waals surface area contributed by atoms with Gasteiger partial charge in [-0.15, -0.1) is 0 Å². The predicted octanol–water partition coefficient (Wildman–Crippen LogP) is 3.46. The Morgan fingerprint density at radius 1 is 1.36 bits per heavy atom. The molecular formula is C18H26ClN3O3. The fourth-order valence-corrected chi connectivity index (χ4v) is 3.05. The molecule has 1 heterocycles. The second kappa shape index (κ2) is 8.43. The lowest BCUT2D eigenvalue weighted by molar-refractivity contribution is -0.121. The van der Waals surface area contributed by atoms with Crippen molar-refractivity contribution in [1.29, 1.82) is 0 Å². The van der Waals surface area contributed by atoms with Crippen LogP contribution in [0.3, 0.4) is 0 Å². The lowest BCUT2D eigenvalue weighted by Gasteiger charge is -2.33. The van der Waals surface area contributed by atoms with Crippen LogP contribution in [0.25, 0.3) is 0 Å². The SMILES string of the molecule is CC(C)Oc1ccc(NC(=O)[C@@H]2CCCN(C(=O)N(C)C)C2)cc1Cl. The average molecular weight is 368 g/mol. The number of nitrogens with one attached hydrogen (secondary N) is 1. The van der Waals surface area contributed by atoms with Gasteiger partial charge in [-0.2, -0.15) is 0 Å². The van der Waals surface area contributed by atoms with Gasteiger partial charge >= 0.3 is 6.03 Å². The third-order valence-corrected chi connectivity index (χ3v) is 4.30. The van der Waals surface area contributed by atoms with Crippen LogP contribution in [0.1, 0.15) is 26.7 Å². The maximum absolute atomic E-state index is 12.5. The normalized spacial score (nSPS) is 17.4. The quantitative estimate of drug-likeness (QED) is 0.886. The largest absolute Gasteiger partial charge is 0.489 e. The summed E-state index contributed by atoms with van der Waals surface area (Å²) in [4.78, 5) is 27.9. The van der Waals surface area contributed by atoms with Crippen LogP contribution in [0.2, 0.25) is 5.02 Å². The molecule has 0 aromatic heterocycles. The number of urea groups is 1. The summed E-state index contributed by atoms with van der Waals surface area (Å²) in [6.45, 7) is 4.98. The molecular weight excluding hydrogens is 342 g/mol. The van der Waals surface area contributed by atoms with E-state index in [0.29, 0.717) is 29.5 Å². The number of carbonyl (C=O) groups is 2. The van der Waals surface area contributed by atoms with E-state index in [1.54, 1.807) is 37.2 Å². The van der Waals surface area contributed by atoms with Gasteiger partial charge in [0, 0.05) is 32.9 Å². The van der Waals surface area contributed by atoms with Crippen molar-refractivity contribution in [3.05, 3.63) is 23.2 Å². The molecule has 1 aliphatic rings. The molecule has 1 aliphatic heterocycles. The number of anilines is 1. The van der Waals surface area contributed by atoms with Crippen molar-refractivity contribution in [3.8, 4) is 5.75 Å². The molecule has 7 heteroatoms. The Morgan fingerprint density at radius 3 is 2.68 bits per heavy atom. The van der Waals surface area contributed by atoms with E-state index in [4.69, 9.17) is 16.3 Å². The van der Waals surface area contributed by atoms with E-state index < -0.39 is 0 Å². The Bertz CT molecular complexity index is 634. The fourth-order valence-electron chi connectivity index (χ4n) is 2.82. The molecule has 1 atom stereocenters. The van der Waals surface area contributed by atoms with Gasteiger partial charge in [0.15, 0.2) is 0 Å². The summed E-state index contributed by atoms with van der Waals surface area (Å²) in [5.41, 5.74) is 0.627. The molecule has 2 rings (SSSR count). The summed E-state index contributed by atoms with van der Waals surface area (Å²) in [7, 11) is 3.43. The third-order valence-electron chi connectivity index (χ3n) is 4.01. The summed E-state index contributed by atoms with van der Waals surface area (Å²) in [6.07, 6.45) is 1.62. The van der Waals surface area contributed by atoms with Gasteiger partial charge in [-0.25, -0.2) is 4.79 Å². The van der Waals surface area contributed by atoms with E-state index >= 15 is 0 Å². The third kappa shape index (κ3) is 5.26. The highest BCUT2D eigenvalue weighted by atomic mass is 35.5. The van der Waals surface area contributed by atoms with Gasteiger partial charge in [-0.1, -0.05) is 11.6 Å². The van der Waals surface area contributed by atoms with E-state index in [1.165, 1.54) is 4.90 Å². The number of rotatable bonds is 4. The number of nitrogens with zero attached hydrogens (tertiary/aromatic N) is 2. The van der Waals surface area contributed by atoms with Crippen LogP contribution in [0.15, 0.2) is 18.2 Å². The van der Waals surface area contributed by atoms with Crippen LogP contribution in [0, 0.1) is 5.92 Å². The van der Waals surface area contributed by atoms with Crippen LogP contribution in [-0.4, -0.2) is 55.0 Å². The molecule has 1 N–H and O–H groups in total. The molecule has 6 nitrogen and oxygen atoms in total. The van der Waals surface area contributed by atoms with Crippen molar-refractivity contribution in [2.75, 3.05) is 32.5 Å². The zero-order valence-electron chi connectivity index (χ0n) is 15.2. The van der Waals surface area contributed by atoms with Crippen molar-refractivity contribution in [3.63, 3.8) is 0 Å². The minimum atomic E-state index is -0.219. The molecule has 0 radical (unpaired) electrons. The Morgan fingerprint density at radius 2 is 2.08 bits per heavy atom. The lowest BCUT2D eigenvalue weighted by Crippen LogP contribution is -2.47. The minimum Gasteiger partial charge on any atom is -0.489 e. The summed E-state index contributed by atoms with van der Waals surface area (Å²) in [5.74, 6) is 0.281. The van der Waals surface area contributed by atoms with Gasteiger partial charge in [-0.05, 0) is 44.9 Å². The first-order valence-corrected chi connectivity index (χ1v) is 8.89. The van der Waals surface area contributed by atoms with Gasteiger partial charge in [0.1, 0.15) is 5.75 Å². The highest BCUT2D eigenvalue weighted by Gasteiger charge is 2.29. The van der Waals surface area contributed by atoms with E-state index in [2.05, 4.69) is 5.32 Å². The fraction of sp³-hybridized carbons (Fsp3) is 0.556. The molecule has 138 valence electrons. The van der Waals surface area contributed by atoms with Crippen molar-refractivity contribution >= 4 is 29.2 Å². The molecule has 0 aliphatic carbocycles. The Labute approximate surface area is 154 Å². The first-order valence-electron chi connectivity index (χ1n) is 8.51. The number of likely N-dealkylation sites (tertiary alicyclic amines) is 1. The molecule has 0 saturated carbocycles. The summed E-state index contributed by atoms with van der Waals surface area (Å²) >= 11 is 6.21. The highest BCUT2D eigenvalue weighted by molar-refractivity contribution is 6.32. The number of hydrogen-bond acceptors (Lipinski definition) is 3. The van der Waals surface area contributed by atoms with Crippen LogP contribution in [0.4, 0.5) is 10.5 Å². The van der Waals surface area contributed by atoms with Gasteiger partial charge in [0.25, 0.3) is 0 Å². The van der Waals surface area contributed by atoms with Crippen LogP contribution >= 0.6 is 11.6 Å².